The van der Waals surface area contributed by atoms with Gasteiger partial charge in [0, 0.05) is 5.69 Å². The van der Waals surface area contributed by atoms with Crippen LogP contribution >= 0.6 is 0 Å². The van der Waals surface area contributed by atoms with E-state index in [0.717, 1.165) is 10.6 Å². The summed E-state index contributed by atoms with van der Waals surface area (Å²) in [6.45, 7) is 2.03. The van der Waals surface area contributed by atoms with Crippen molar-refractivity contribution in [3.05, 3.63) is 60.2 Å². The Morgan fingerprint density at radius 3 is 2.19 bits per heavy atom. The highest BCUT2D eigenvalue weighted by molar-refractivity contribution is 7.86. The van der Waals surface area contributed by atoms with Gasteiger partial charge in [0.05, 0.1) is 4.90 Å². The third-order valence-electron chi connectivity index (χ3n) is 2.22. The smallest absolute Gasteiger partial charge is 0.150 e. The molecule has 0 aliphatic rings. The molecule has 1 N–H and O–H groups in total. The molecule has 3 heteroatoms. The standard InChI is InChI=1S/C13H13NOS/c1-11-7-9-12(10-8-11)14-16(15)13-5-3-2-4-6-13/h2-10,14H,1H3/t16-/m0/s1. The second-order valence-corrected chi connectivity index (χ2v) is 4.76. The predicted octanol–water partition coefficient (Wildman–Crippen LogP) is 3.13. The van der Waals surface area contributed by atoms with Gasteiger partial charge >= 0.3 is 0 Å². The van der Waals surface area contributed by atoms with Crippen molar-refractivity contribution >= 4 is 16.7 Å². The molecule has 0 amide bonds. The Hall–Kier alpha value is -1.61. The molecule has 0 saturated heterocycles. The molecule has 0 bridgehead atoms. The van der Waals surface area contributed by atoms with Gasteiger partial charge in [-0.05, 0) is 31.2 Å². The summed E-state index contributed by atoms with van der Waals surface area (Å²) in [6.07, 6.45) is 0. The zero-order chi connectivity index (χ0) is 11.4. The Morgan fingerprint density at radius 2 is 1.56 bits per heavy atom. The minimum Gasteiger partial charge on any atom is -0.301 e. The number of benzene rings is 2. The highest BCUT2D eigenvalue weighted by Gasteiger charge is 2.02. The van der Waals surface area contributed by atoms with E-state index in [2.05, 4.69) is 4.72 Å². The molecule has 2 aromatic carbocycles. The summed E-state index contributed by atoms with van der Waals surface area (Å²) < 4.78 is 14.9. The van der Waals surface area contributed by atoms with Gasteiger partial charge in [-0.2, -0.15) is 0 Å². The van der Waals surface area contributed by atoms with Gasteiger partial charge in [0.1, 0.15) is 11.0 Å². The van der Waals surface area contributed by atoms with E-state index in [1.54, 1.807) is 0 Å². The lowest BCUT2D eigenvalue weighted by atomic mass is 10.2. The molecule has 0 aliphatic heterocycles. The SMILES string of the molecule is Cc1ccc(N[S@@](=O)c2ccccc2)cc1. The number of hydrogen-bond donors (Lipinski definition) is 1. The number of anilines is 1. The van der Waals surface area contributed by atoms with Crippen molar-refractivity contribution in [1.29, 1.82) is 0 Å². The number of nitrogens with one attached hydrogen (secondary N) is 1. The average Bonchev–Trinajstić information content (AvgIpc) is 2.33. The summed E-state index contributed by atoms with van der Waals surface area (Å²) in [5.74, 6) is 0. The van der Waals surface area contributed by atoms with Gasteiger partial charge in [0.2, 0.25) is 0 Å². The molecule has 0 unspecified atom stereocenters. The normalized spacial score (nSPS) is 12.1. The van der Waals surface area contributed by atoms with Crippen LogP contribution in [0.5, 0.6) is 0 Å². The highest BCUT2D eigenvalue weighted by Crippen LogP contribution is 2.13. The third kappa shape index (κ3) is 2.70. The van der Waals surface area contributed by atoms with E-state index in [0.29, 0.717) is 0 Å². The maximum atomic E-state index is 11.9. The first-order chi connectivity index (χ1) is 7.75. The van der Waals surface area contributed by atoms with E-state index >= 15 is 0 Å². The van der Waals surface area contributed by atoms with Crippen LogP contribution in [0.4, 0.5) is 5.69 Å². The summed E-state index contributed by atoms with van der Waals surface area (Å²) in [6, 6.07) is 17.2. The first kappa shape index (κ1) is 10.9. The lowest BCUT2D eigenvalue weighted by molar-refractivity contribution is 0.686. The van der Waals surface area contributed by atoms with Gasteiger partial charge in [0.25, 0.3) is 0 Å². The van der Waals surface area contributed by atoms with Gasteiger partial charge in [-0.3, -0.25) is 0 Å². The zero-order valence-electron chi connectivity index (χ0n) is 9.01. The van der Waals surface area contributed by atoms with Gasteiger partial charge in [-0.15, -0.1) is 0 Å². The fraction of sp³-hybridized carbons (Fsp3) is 0.0769. The molecule has 82 valence electrons. The largest absolute Gasteiger partial charge is 0.301 e. The van der Waals surface area contributed by atoms with Crippen molar-refractivity contribution in [3.8, 4) is 0 Å². The van der Waals surface area contributed by atoms with E-state index in [4.69, 9.17) is 0 Å². The van der Waals surface area contributed by atoms with Crippen LogP contribution in [0.15, 0.2) is 59.5 Å². The van der Waals surface area contributed by atoms with Crippen LogP contribution in [-0.4, -0.2) is 4.21 Å². The van der Waals surface area contributed by atoms with Gasteiger partial charge in [-0.25, -0.2) is 4.21 Å². The van der Waals surface area contributed by atoms with Crippen LogP contribution in [-0.2, 0) is 11.0 Å². The van der Waals surface area contributed by atoms with E-state index in [1.165, 1.54) is 5.56 Å². The predicted molar refractivity (Wildman–Crippen MR) is 67.7 cm³/mol. The molecule has 0 aromatic heterocycles. The molecule has 0 saturated carbocycles. The summed E-state index contributed by atoms with van der Waals surface area (Å²) in [7, 11) is -1.19. The molecule has 0 radical (unpaired) electrons. The molecule has 1 atom stereocenters. The van der Waals surface area contributed by atoms with Gasteiger partial charge in [-0.1, -0.05) is 35.9 Å². The zero-order valence-corrected chi connectivity index (χ0v) is 9.83. The lowest BCUT2D eigenvalue weighted by Crippen LogP contribution is -2.04. The minimum absolute atomic E-state index is 0.781. The highest BCUT2D eigenvalue weighted by atomic mass is 32.2. The van der Waals surface area contributed by atoms with E-state index in [9.17, 15) is 4.21 Å². The Labute approximate surface area is 97.9 Å². The maximum absolute atomic E-state index is 11.9. The second-order valence-electron chi connectivity index (χ2n) is 3.55. The van der Waals surface area contributed by atoms with Crippen LogP contribution in [0.25, 0.3) is 0 Å². The molecular formula is C13H13NOS. The number of aryl methyl sites for hydroxylation is 1. The monoisotopic (exact) mass is 231 g/mol. The quantitative estimate of drug-likeness (QED) is 0.864. The summed E-state index contributed by atoms with van der Waals surface area (Å²) >= 11 is 0. The van der Waals surface area contributed by atoms with Crippen LogP contribution in [0.3, 0.4) is 0 Å². The molecule has 2 nitrogen and oxygen atoms in total. The van der Waals surface area contributed by atoms with Crippen LogP contribution in [0, 0.1) is 6.92 Å². The van der Waals surface area contributed by atoms with Gasteiger partial charge < -0.3 is 4.72 Å². The minimum atomic E-state index is -1.19. The van der Waals surface area contributed by atoms with Crippen LogP contribution in [0.1, 0.15) is 5.56 Å². The fourth-order valence-corrected chi connectivity index (χ4v) is 2.20. The molecule has 2 rings (SSSR count). The maximum Gasteiger partial charge on any atom is 0.150 e. The molecule has 0 spiro atoms. The second kappa shape index (κ2) is 4.94. The molecule has 2 aromatic rings. The Morgan fingerprint density at radius 1 is 0.938 bits per heavy atom. The van der Waals surface area contributed by atoms with Crippen molar-refractivity contribution in [2.45, 2.75) is 11.8 Å². The summed E-state index contributed by atoms with van der Waals surface area (Å²) in [4.78, 5) is 0.781. The van der Waals surface area contributed by atoms with Crippen molar-refractivity contribution < 1.29 is 4.21 Å². The van der Waals surface area contributed by atoms with Crippen LogP contribution < -0.4 is 4.72 Å². The Kier molecular flexibility index (Phi) is 3.37. The number of rotatable bonds is 3. The van der Waals surface area contributed by atoms with E-state index in [-0.39, 0.29) is 0 Å². The van der Waals surface area contributed by atoms with Crippen molar-refractivity contribution in [1.82, 2.24) is 0 Å². The topological polar surface area (TPSA) is 29.1 Å². The first-order valence-electron chi connectivity index (χ1n) is 5.06. The third-order valence-corrected chi connectivity index (χ3v) is 3.34. The Bertz CT molecular complexity index is 479. The summed E-state index contributed by atoms with van der Waals surface area (Å²) in [5, 5.41) is 0. The van der Waals surface area contributed by atoms with Crippen molar-refractivity contribution in [3.63, 3.8) is 0 Å². The van der Waals surface area contributed by atoms with Crippen LogP contribution in [0.2, 0.25) is 0 Å². The average molecular weight is 231 g/mol. The van der Waals surface area contributed by atoms with Crippen molar-refractivity contribution in [2.24, 2.45) is 0 Å². The van der Waals surface area contributed by atoms with Gasteiger partial charge in [0.15, 0.2) is 0 Å². The van der Waals surface area contributed by atoms with E-state index in [1.807, 2.05) is 61.5 Å². The molecule has 0 heterocycles. The first-order valence-corrected chi connectivity index (χ1v) is 6.21. The van der Waals surface area contributed by atoms with Crippen molar-refractivity contribution in [2.75, 3.05) is 4.72 Å². The van der Waals surface area contributed by atoms with E-state index < -0.39 is 11.0 Å². The summed E-state index contributed by atoms with van der Waals surface area (Å²) in [5.41, 5.74) is 2.06. The molecule has 0 fully saturated rings. The fourth-order valence-electron chi connectivity index (χ4n) is 1.33. The Balaban J connectivity index is 2.11. The lowest BCUT2D eigenvalue weighted by Gasteiger charge is -2.05. The molecule has 16 heavy (non-hydrogen) atoms. The molecular weight excluding hydrogens is 218 g/mol. The number of hydrogen-bond acceptors (Lipinski definition) is 1. The molecule has 0 aliphatic carbocycles.